The lowest BCUT2D eigenvalue weighted by molar-refractivity contribution is 0.0949. The lowest BCUT2D eigenvalue weighted by Crippen LogP contribution is -2.27. The molecule has 0 aliphatic carbocycles. The van der Waals surface area contributed by atoms with E-state index in [1.165, 1.54) is 0 Å². The third kappa shape index (κ3) is 2.77. The van der Waals surface area contributed by atoms with Crippen molar-refractivity contribution >= 4 is 28.5 Å². The van der Waals surface area contributed by atoms with E-state index in [-0.39, 0.29) is 5.91 Å². The van der Waals surface area contributed by atoms with E-state index in [0.29, 0.717) is 23.3 Å². The number of amides is 1. The Bertz CT molecular complexity index is 548. The van der Waals surface area contributed by atoms with E-state index >= 15 is 0 Å². The summed E-state index contributed by atoms with van der Waals surface area (Å²) in [5.41, 5.74) is 2.14. The Balaban J connectivity index is 2.20. The van der Waals surface area contributed by atoms with Crippen molar-refractivity contribution in [3.63, 3.8) is 0 Å². The highest BCUT2D eigenvalue weighted by Crippen LogP contribution is 2.16. The molecule has 90 valence electrons. The van der Waals surface area contributed by atoms with Gasteiger partial charge in [0.15, 0.2) is 0 Å². The van der Waals surface area contributed by atoms with Gasteiger partial charge in [0.25, 0.3) is 5.91 Å². The first-order valence-corrected chi connectivity index (χ1v) is 5.87. The third-order valence-corrected chi connectivity index (χ3v) is 2.57. The number of carbonyl (C=O) groups excluding carboxylic acids is 1. The fraction of sp³-hybridized carbons (Fsp3) is 0.333. The van der Waals surface area contributed by atoms with E-state index in [4.69, 9.17) is 11.6 Å². The van der Waals surface area contributed by atoms with Crippen molar-refractivity contribution in [1.82, 2.24) is 15.3 Å². The smallest absolute Gasteiger partial charge is 0.251 e. The van der Waals surface area contributed by atoms with Crippen molar-refractivity contribution in [2.24, 2.45) is 5.92 Å². The first kappa shape index (κ1) is 11.9. The summed E-state index contributed by atoms with van der Waals surface area (Å²) in [5, 5.41) is 3.20. The standard InChI is InChI=1S/C12H14ClN3O/c1-7(2)6-14-11(17)8-3-4-9-10(5-8)16-12(13)15-9/h3-5,7H,6H2,1-2H3,(H,14,17)(H,15,16). The molecular weight excluding hydrogens is 238 g/mol. The highest BCUT2D eigenvalue weighted by Gasteiger charge is 2.08. The molecule has 0 saturated carbocycles. The summed E-state index contributed by atoms with van der Waals surface area (Å²) in [6.45, 7) is 4.77. The Morgan fingerprint density at radius 3 is 3.00 bits per heavy atom. The molecule has 0 atom stereocenters. The molecule has 0 spiro atoms. The number of aromatic amines is 1. The molecule has 2 N–H and O–H groups in total. The van der Waals surface area contributed by atoms with Crippen molar-refractivity contribution in [1.29, 1.82) is 0 Å². The molecule has 0 radical (unpaired) electrons. The van der Waals surface area contributed by atoms with Gasteiger partial charge in [-0.3, -0.25) is 4.79 Å². The lowest BCUT2D eigenvalue weighted by atomic mass is 10.1. The summed E-state index contributed by atoms with van der Waals surface area (Å²) in [5.74, 6) is 0.357. The Labute approximate surface area is 104 Å². The number of carbonyl (C=O) groups is 1. The molecule has 4 nitrogen and oxygen atoms in total. The van der Waals surface area contributed by atoms with Crippen LogP contribution in [0, 0.1) is 5.92 Å². The van der Waals surface area contributed by atoms with Crippen LogP contribution < -0.4 is 5.32 Å². The van der Waals surface area contributed by atoms with Crippen LogP contribution in [0.15, 0.2) is 18.2 Å². The molecule has 1 aromatic carbocycles. The van der Waals surface area contributed by atoms with Crippen LogP contribution in [-0.2, 0) is 0 Å². The predicted molar refractivity (Wildman–Crippen MR) is 68.3 cm³/mol. The topological polar surface area (TPSA) is 57.8 Å². The van der Waals surface area contributed by atoms with Crippen molar-refractivity contribution in [2.75, 3.05) is 6.54 Å². The van der Waals surface area contributed by atoms with Crippen LogP contribution in [0.4, 0.5) is 0 Å². The van der Waals surface area contributed by atoms with E-state index in [9.17, 15) is 4.79 Å². The summed E-state index contributed by atoms with van der Waals surface area (Å²) < 4.78 is 0. The highest BCUT2D eigenvalue weighted by molar-refractivity contribution is 6.29. The molecule has 0 saturated heterocycles. The molecule has 0 fully saturated rings. The van der Waals surface area contributed by atoms with Gasteiger partial charge in [0.05, 0.1) is 11.0 Å². The first-order chi connectivity index (χ1) is 8.06. The number of H-pyrrole nitrogens is 1. The first-order valence-electron chi connectivity index (χ1n) is 5.49. The van der Waals surface area contributed by atoms with Crippen LogP contribution in [-0.4, -0.2) is 22.4 Å². The largest absolute Gasteiger partial charge is 0.352 e. The monoisotopic (exact) mass is 251 g/mol. The second-order valence-corrected chi connectivity index (χ2v) is 4.72. The van der Waals surface area contributed by atoms with Gasteiger partial charge >= 0.3 is 0 Å². The Kier molecular flexibility index (Phi) is 3.33. The second-order valence-electron chi connectivity index (χ2n) is 4.36. The van der Waals surface area contributed by atoms with Crippen molar-refractivity contribution in [3.05, 3.63) is 29.0 Å². The number of aromatic nitrogens is 2. The number of hydrogen-bond acceptors (Lipinski definition) is 2. The van der Waals surface area contributed by atoms with E-state index in [0.717, 1.165) is 11.0 Å². The molecule has 0 aliphatic heterocycles. The van der Waals surface area contributed by atoms with Crippen LogP contribution in [0.2, 0.25) is 5.28 Å². The molecule has 1 heterocycles. The normalized spacial score (nSPS) is 11.1. The number of fused-ring (bicyclic) bond motifs is 1. The Morgan fingerprint density at radius 2 is 2.29 bits per heavy atom. The fourth-order valence-electron chi connectivity index (χ4n) is 1.52. The second kappa shape index (κ2) is 4.75. The summed E-state index contributed by atoms with van der Waals surface area (Å²) >= 11 is 5.75. The summed E-state index contributed by atoms with van der Waals surface area (Å²) in [6, 6.07) is 5.28. The van der Waals surface area contributed by atoms with Gasteiger partial charge in [-0.2, -0.15) is 0 Å². The molecule has 1 aromatic heterocycles. The molecule has 0 bridgehead atoms. The van der Waals surface area contributed by atoms with Crippen LogP contribution >= 0.6 is 11.6 Å². The molecule has 0 aliphatic rings. The van der Waals surface area contributed by atoms with Crippen molar-refractivity contribution in [2.45, 2.75) is 13.8 Å². The van der Waals surface area contributed by atoms with Crippen molar-refractivity contribution in [3.8, 4) is 0 Å². The van der Waals surface area contributed by atoms with E-state index in [1.807, 2.05) is 0 Å². The predicted octanol–water partition coefficient (Wildman–Crippen LogP) is 2.60. The molecule has 0 unspecified atom stereocenters. The zero-order valence-corrected chi connectivity index (χ0v) is 10.5. The summed E-state index contributed by atoms with van der Waals surface area (Å²) in [4.78, 5) is 18.8. The van der Waals surface area contributed by atoms with Gasteiger partial charge in [0, 0.05) is 12.1 Å². The van der Waals surface area contributed by atoms with Gasteiger partial charge in [-0.05, 0) is 35.7 Å². The Hall–Kier alpha value is -1.55. The molecule has 17 heavy (non-hydrogen) atoms. The van der Waals surface area contributed by atoms with Crippen LogP contribution in [0.1, 0.15) is 24.2 Å². The molecule has 5 heteroatoms. The number of halogens is 1. The molecule has 1 amide bonds. The van der Waals surface area contributed by atoms with Crippen molar-refractivity contribution < 1.29 is 4.79 Å². The molecular formula is C12H14ClN3O. The zero-order chi connectivity index (χ0) is 12.4. The van der Waals surface area contributed by atoms with Crippen LogP contribution in [0.5, 0.6) is 0 Å². The van der Waals surface area contributed by atoms with E-state index in [2.05, 4.69) is 29.1 Å². The van der Waals surface area contributed by atoms with E-state index in [1.54, 1.807) is 18.2 Å². The minimum atomic E-state index is -0.0775. The minimum absolute atomic E-state index is 0.0775. The average molecular weight is 252 g/mol. The third-order valence-electron chi connectivity index (χ3n) is 2.39. The highest BCUT2D eigenvalue weighted by atomic mass is 35.5. The maximum atomic E-state index is 11.8. The van der Waals surface area contributed by atoms with Gasteiger partial charge in [0.2, 0.25) is 5.28 Å². The lowest BCUT2D eigenvalue weighted by Gasteiger charge is -2.07. The van der Waals surface area contributed by atoms with Gasteiger partial charge in [-0.1, -0.05) is 13.8 Å². The van der Waals surface area contributed by atoms with Gasteiger partial charge in [-0.25, -0.2) is 4.98 Å². The number of nitrogens with zero attached hydrogens (tertiary/aromatic N) is 1. The minimum Gasteiger partial charge on any atom is -0.352 e. The van der Waals surface area contributed by atoms with E-state index < -0.39 is 0 Å². The van der Waals surface area contributed by atoms with Gasteiger partial charge in [-0.15, -0.1) is 0 Å². The summed E-state index contributed by atoms with van der Waals surface area (Å²) in [6.07, 6.45) is 0. The maximum absolute atomic E-state index is 11.8. The number of rotatable bonds is 3. The average Bonchev–Trinajstić information content (AvgIpc) is 2.64. The SMILES string of the molecule is CC(C)CNC(=O)c1ccc2nc(Cl)[nH]c2c1. The quantitative estimate of drug-likeness (QED) is 0.881. The number of benzene rings is 1. The number of imidazole rings is 1. The Morgan fingerprint density at radius 1 is 1.53 bits per heavy atom. The number of nitrogens with one attached hydrogen (secondary N) is 2. The van der Waals surface area contributed by atoms with Gasteiger partial charge in [0.1, 0.15) is 0 Å². The zero-order valence-electron chi connectivity index (χ0n) is 9.75. The molecule has 2 rings (SSSR count). The van der Waals surface area contributed by atoms with Crippen LogP contribution in [0.25, 0.3) is 11.0 Å². The van der Waals surface area contributed by atoms with Gasteiger partial charge < -0.3 is 10.3 Å². The summed E-state index contributed by atoms with van der Waals surface area (Å²) in [7, 11) is 0. The molecule has 2 aromatic rings. The maximum Gasteiger partial charge on any atom is 0.251 e. The fourth-order valence-corrected chi connectivity index (χ4v) is 1.71. The number of hydrogen-bond donors (Lipinski definition) is 2. The van der Waals surface area contributed by atoms with Crippen LogP contribution in [0.3, 0.4) is 0 Å².